The summed E-state index contributed by atoms with van der Waals surface area (Å²) in [7, 11) is 0. The smallest absolute Gasteiger partial charge is 0.229 e. The average Bonchev–Trinajstić information content (AvgIpc) is 2.18. The molecule has 0 saturated carbocycles. The van der Waals surface area contributed by atoms with Gasteiger partial charge in [-0.2, -0.15) is 0 Å². The molecule has 0 fully saturated rings. The molecule has 1 aromatic carbocycles. The predicted octanol–water partition coefficient (Wildman–Crippen LogP) is 1.64. The van der Waals surface area contributed by atoms with E-state index in [-0.39, 0.29) is 5.91 Å². The molecule has 3 heteroatoms. The zero-order valence-corrected chi connectivity index (χ0v) is 8.40. The van der Waals surface area contributed by atoms with Crippen molar-refractivity contribution in [1.82, 2.24) is 0 Å². The standard InChI is InChI=1S/C11H15NO2/c1-8(9(2)13)11(14)12-10-6-4-3-5-7-10/h3-9,13H,1-2H3,(H,12,14)/t8-,9-/m0/s1. The minimum absolute atomic E-state index is 0.161. The molecule has 0 bridgehead atoms. The van der Waals surface area contributed by atoms with Gasteiger partial charge >= 0.3 is 0 Å². The van der Waals surface area contributed by atoms with Gasteiger partial charge < -0.3 is 10.4 Å². The second-order valence-electron chi connectivity index (χ2n) is 3.38. The normalized spacial score (nSPS) is 14.5. The first-order chi connectivity index (χ1) is 6.61. The summed E-state index contributed by atoms with van der Waals surface area (Å²) >= 11 is 0. The number of anilines is 1. The van der Waals surface area contributed by atoms with Crippen molar-refractivity contribution >= 4 is 11.6 Å². The lowest BCUT2D eigenvalue weighted by atomic mass is 10.1. The van der Waals surface area contributed by atoms with Gasteiger partial charge in [0.2, 0.25) is 5.91 Å². The molecule has 14 heavy (non-hydrogen) atoms. The monoisotopic (exact) mass is 193 g/mol. The van der Waals surface area contributed by atoms with Crippen LogP contribution in [0.5, 0.6) is 0 Å². The van der Waals surface area contributed by atoms with Crippen LogP contribution >= 0.6 is 0 Å². The SMILES string of the molecule is C[C@H](O)[C@H](C)C(=O)Nc1ccccc1. The Morgan fingerprint density at radius 3 is 2.36 bits per heavy atom. The average molecular weight is 193 g/mol. The summed E-state index contributed by atoms with van der Waals surface area (Å²) < 4.78 is 0. The molecule has 0 aliphatic heterocycles. The van der Waals surface area contributed by atoms with E-state index in [9.17, 15) is 9.90 Å². The van der Waals surface area contributed by atoms with E-state index >= 15 is 0 Å². The Kier molecular flexibility index (Phi) is 3.65. The first-order valence-electron chi connectivity index (χ1n) is 4.65. The highest BCUT2D eigenvalue weighted by atomic mass is 16.3. The molecular weight excluding hydrogens is 178 g/mol. The number of aliphatic hydroxyl groups is 1. The number of rotatable bonds is 3. The molecule has 2 N–H and O–H groups in total. The second-order valence-corrected chi connectivity index (χ2v) is 3.38. The van der Waals surface area contributed by atoms with Crippen molar-refractivity contribution in [2.24, 2.45) is 5.92 Å². The minimum atomic E-state index is -0.626. The fourth-order valence-electron chi connectivity index (χ4n) is 0.997. The fourth-order valence-corrected chi connectivity index (χ4v) is 0.997. The van der Waals surface area contributed by atoms with Crippen molar-refractivity contribution in [2.45, 2.75) is 20.0 Å². The number of carbonyl (C=O) groups is 1. The second kappa shape index (κ2) is 4.77. The summed E-state index contributed by atoms with van der Waals surface area (Å²) in [5, 5.41) is 11.9. The molecule has 0 heterocycles. The summed E-state index contributed by atoms with van der Waals surface area (Å²) in [4.78, 5) is 11.5. The van der Waals surface area contributed by atoms with Gasteiger partial charge in [-0.25, -0.2) is 0 Å². The van der Waals surface area contributed by atoms with Crippen molar-refractivity contribution in [3.8, 4) is 0 Å². The van der Waals surface area contributed by atoms with E-state index in [1.165, 1.54) is 0 Å². The molecule has 1 rings (SSSR count). The Morgan fingerprint density at radius 1 is 1.29 bits per heavy atom. The molecule has 3 nitrogen and oxygen atoms in total. The number of hydrogen-bond donors (Lipinski definition) is 2. The molecule has 0 aliphatic rings. The quantitative estimate of drug-likeness (QED) is 0.766. The zero-order chi connectivity index (χ0) is 10.6. The maximum atomic E-state index is 11.5. The number of aliphatic hydroxyl groups excluding tert-OH is 1. The van der Waals surface area contributed by atoms with Crippen molar-refractivity contribution in [3.63, 3.8) is 0 Å². The summed E-state index contributed by atoms with van der Waals surface area (Å²) in [6, 6.07) is 9.21. The van der Waals surface area contributed by atoms with Gasteiger partial charge in [-0.1, -0.05) is 25.1 Å². The molecule has 76 valence electrons. The van der Waals surface area contributed by atoms with E-state index < -0.39 is 12.0 Å². The van der Waals surface area contributed by atoms with Gasteiger partial charge in [-0.15, -0.1) is 0 Å². The van der Waals surface area contributed by atoms with Crippen LogP contribution in [0.15, 0.2) is 30.3 Å². The Hall–Kier alpha value is -1.35. The lowest BCUT2D eigenvalue weighted by molar-refractivity contribution is -0.122. The third kappa shape index (κ3) is 2.85. The summed E-state index contributed by atoms with van der Waals surface area (Å²) in [6.07, 6.45) is -0.626. The van der Waals surface area contributed by atoms with Gasteiger partial charge in [-0.3, -0.25) is 4.79 Å². The van der Waals surface area contributed by atoms with E-state index in [0.717, 1.165) is 5.69 Å². The van der Waals surface area contributed by atoms with Gasteiger partial charge in [0.1, 0.15) is 0 Å². The van der Waals surface area contributed by atoms with E-state index in [0.29, 0.717) is 0 Å². The number of para-hydroxylation sites is 1. The first kappa shape index (κ1) is 10.7. The number of nitrogens with one attached hydrogen (secondary N) is 1. The first-order valence-corrected chi connectivity index (χ1v) is 4.65. The van der Waals surface area contributed by atoms with Gasteiger partial charge in [0.05, 0.1) is 12.0 Å². The Bertz CT molecular complexity index is 295. The van der Waals surface area contributed by atoms with Crippen LogP contribution in [0.3, 0.4) is 0 Å². The minimum Gasteiger partial charge on any atom is -0.393 e. The molecule has 0 aliphatic carbocycles. The third-order valence-corrected chi connectivity index (χ3v) is 2.18. The molecule has 1 amide bonds. The van der Waals surface area contributed by atoms with Crippen LogP contribution in [-0.4, -0.2) is 17.1 Å². The van der Waals surface area contributed by atoms with Gasteiger partial charge in [0.15, 0.2) is 0 Å². The molecule has 2 atom stereocenters. The van der Waals surface area contributed by atoms with Crippen LogP contribution in [0, 0.1) is 5.92 Å². The van der Waals surface area contributed by atoms with E-state index in [1.54, 1.807) is 13.8 Å². The summed E-state index contributed by atoms with van der Waals surface area (Å²) in [5.41, 5.74) is 0.755. The highest BCUT2D eigenvalue weighted by molar-refractivity contribution is 5.92. The van der Waals surface area contributed by atoms with Crippen LogP contribution in [0.4, 0.5) is 5.69 Å². The van der Waals surface area contributed by atoms with E-state index in [2.05, 4.69) is 5.32 Å². The topological polar surface area (TPSA) is 49.3 Å². The number of hydrogen-bond acceptors (Lipinski definition) is 2. The van der Waals surface area contributed by atoms with Gasteiger partial charge in [0, 0.05) is 5.69 Å². The summed E-state index contributed by atoms with van der Waals surface area (Å²) in [5.74, 6) is -0.554. The molecule has 0 unspecified atom stereocenters. The number of amides is 1. The number of benzene rings is 1. The number of carbonyl (C=O) groups excluding carboxylic acids is 1. The molecule has 0 saturated heterocycles. The lowest BCUT2D eigenvalue weighted by Gasteiger charge is -2.14. The maximum Gasteiger partial charge on any atom is 0.229 e. The highest BCUT2D eigenvalue weighted by Gasteiger charge is 2.17. The van der Waals surface area contributed by atoms with Crippen LogP contribution < -0.4 is 5.32 Å². The largest absolute Gasteiger partial charge is 0.393 e. The lowest BCUT2D eigenvalue weighted by Crippen LogP contribution is -2.28. The Balaban J connectivity index is 2.58. The highest BCUT2D eigenvalue weighted by Crippen LogP contribution is 2.09. The van der Waals surface area contributed by atoms with Crippen LogP contribution in [0.25, 0.3) is 0 Å². The van der Waals surface area contributed by atoms with Crippen LogP contribution in [0.1, 0.15) is 13.8 Å². The molecule has 0 aromatic heterocycles. The van der Waals surface area contributed by atoms with Crippen molar-refractivity contribution < 1.29 is 9.90 Å². The molecular formula is C11H15NO2. The predicted molar refractivity (Wildman–Crippen MR) is 55.9 cm³/mol. The van der Waals surface area contributed by atoms with Crippen LogP contribution in [0.2, 0.25) is 0 Å². The molecule has 0 spiro atoms. The van der Waals surface area contributed by atoms with Crippen molar-refractivity contribution in [2.75, 3.05) is 5.32 Å². The maximum absolute atomic E-state index is 11.5. The van der Waals surface area contributed by atoms with Crippen molar-refractivity contribution in [3.05, 3.63) is 30.3 Å². The van der Waals surface area contributed by atoms with Crippen molar-refractivity contribution in [1.29, 1.82) is 0 Å². The Morgan fingerprint density at radius 2 is 1.86 bits per heavy atom. The van der Waals surface area contributed by atoms with Crippen LogP contribution in [-0.2, 0) is 4.79 Å². The Labute approximate surface area is 83.8 Å². The molecule has 0 radical (unpaired) electrons. The van der Waals surface area contributed by atoms with E-state index in [4.69, 9.17) is 0 Å². The zero-order valence-electron chi connectivity index (χ0n) is 8.40. The summed E-state index contributed by atoms with van der Waals surface area (Å²) in [6.45, 7) is 3.30. The van der Waals surface area contributed by atoms with Gasteiger partial charge in [-0.05, 0) is 19.1 Å². The van der Waals surface area contributed by atoms with Gasteiger partial charge in [0.25, 0.3) is 0 Å². The van der Waals surface area contributed by atoms with E-state index in [1.807, 2.05) is 30.3 Å². The third-order valence-electron chi connectivity index (χ3n) is 2.18. The molecule has 1 aromatic rings. The fraction of sp³-hybridized carbons (Fsp3) is 0.364.